The largest absolute Gasteiger partial charge is 0.496 e. The number of carbonyl (C=O) groups is 1. The topological polar surface area (TPSA) is 54.0 Å². The molecule has 0 aromatic heterocycles. The molecular formula is C18H21O5P. The third-order valence-electron chi connectivity index (χ3n) is 3.32. The molecule has 128 valence electrons. The highest BCUT2D eigenvalue weighted by Gasteiger charge is 2.18. The van der Waals surface area contributed by atoms with Gasteiger partial charge in [-0.15, -0.1) is 0 Å². The van der Waals surface area contributed by atoms with Gasteiger partial charge in [-0.2, -0.15) is 0 Å². The quantitative estimate of drug-likeness (QED) is 0.515. The predicted octanol–water partition coefficient (Wildman–Crippen LogP) is 2.87. The lowest BCUT2D eigenvalue weighted by molar-refractivity contribution is 0.108. The molecule has 0 radical (unpaired) electrons. The SMILES string of the molecule is COCCOc1ccc(PC(=O)c2c(OC)cccc2OC)cc1. The minimum Gasteiger partial charge on any atom is -0.496 e. The molecule has 0 spiro atoms. The van der Waals surface area contributed by atoms with E-state index in [2.05, 4.69) is 0 Å². The van der Waals surface area contributed by atoms with Crippen LogP contribution in [0, 0.1) is 0 Å². The fraction of sp³-hybridized carbons (Fsp3) is 0.278. The number of methoxy groups -OCH3 is 3. The highest BCUT2D eigenvalue weighted by molar-refractivity contribution is 7.66. The molecule has 0 aliphatic heterocycles. The first kappa shape index (κ1) is 18.2. The summed E-state index contributed by atoms with van der Waals surface area (Å²) in [6.07, 6.45) is 0. The van der Waals surface area contributed by atoms with Gasteiger partial charge in [0.1, 0.15) is 29.4 Å². The first-order valence-corrected chi connectivity index (χ1v) is 8.43. The Morgan fingerprint density at radius 1 is 0.917 bits per heavy atom. The van der Waals surface area contributed by atoms with Crippen molar-refractivity contribution in [2.24, 2.45) is 0 Å². The minimum absolute atomic E-state index is 0.0259. The second-order valence-corrected chi connectivity index (χ2v) is 6.14. The van der Waals surface area contributed by atoms with Crippen molar-refractivity contribution in [1.29, 1.82) is 0 Å². The van der Waals surface area contributed by atoms with Crippen LogP contribution in [0.1, 0.15) is 10.4 Å². The van der Waals surface area contributed by atoms with Crippen molar-refractivity contribution in [3.05, 3.63) is 48.0 Å². The van der Waals surface area contributed by atoms with Gasteiger partial charge >= 0.3 is 0 Å². The molecular weight excluding hydrogens is 327 g/mol. The Hall–Kier alpha value is -2.10. The van der Waals surface area contributed by atoms with Crippen LogP contribution in [-0.4, -0.2) is 40.1 Å². The van der Waals surface area contributed by atoms with Gasteiger partial charge in [0.2, 0.25) is 0 Å². The van der Waals surface area contributed by atoms with Crippen LogP contribution < -0.4 is 19.5 Å². The molecule has 1 unspecified atom stereocenters. The van der Waals surface area contributed by atoms with Gasteiger partial charge in [0.25, 0.3) is 0 Å². The zero-order valence-electron chi connectivity index (χ0n) is 14.0. The van der Waals surface area contributed by atoms with Crippen molar-refractivity contribution in [3.8, 4) is 17.2 Å². The molecule has 6 heteroatoms. The lowest BCUT2D eigenvalue weighted by Gasteiger charge is -2.12. The van der Waals surface area contributed by atoms with Crippen molar-refractivity contribution >= 4 is 19.4 Å². The van der Waals surface area contributed by atoms with Crippen molar-refractivity contribution < 1.29 is 23.7 Å². The zero-order valence-corrected chi connectivity index (χ0v) is 15.0. The van der Waals surface area contributed by atoms with E-state index in [1.807, 2.05) is 24.3 Å². The van der Waals surface area contributed by atoms with Crippen molar-refractivity contribution in [1.82, 2.24) is 0 Å². The van der Waals surface area contributed by atoms with Crippen LogP contribution in [0.5, 0.6) is 17.2 Å². The molecule has 0 amide bonds. The van der Waals surface area contributed by atoms with E-state index in [1.165, 1.54) is 0 Å². The molecule has 0 aliphatic rings. The summed E-state index contributed by atoms with van der Waals surface area (Å²) >= 11 is 0. The molecule has 2 rings (SSSR count). The number of carbonyl (C=O) groups excluding carboxylic acids is 1. The lowest BCUT2D eigenvalue weighted by Crippen LogP contribution is -2.06. The molecule has 0 aliphatic carbocycles. The summed E-state index contributed by atoms with van der Waals surface area (Å²) in [5.41, 5.74) is 0.443. The maximum Gasteiger partial charge on any atom is 0.193 e. The molecule has 0 heterocycles. The Morgan fingerprint density at radius 3 is 2.08 bits per heavy atom. The summed E-state index contributed by atoms with van der Waals surface area (Å²) in [5, 5.41) is 0.923. The van der Waals surface area contributed by atoms with E-state index in [-0.39, 0.29) is 14.1 Å². The van der Waals surface area contributed by atoms with Gasteiger partial charge < -0.3 is 18.9 Å². The predicted molar refractivity (Wildman–Crippen MR) is 95.6 cm³/mol. The third-order valence-corrected chi connectivity index (χ3v) is 4.42. The normalized spacial score (nSPS) is 10.8. The van der Waals surface area contributed by atoms with Gasteiger partial charge in [0, 0.05) is 7.11 Å². The van der Waals surface area contributed by atoms with Crippen LogP contribution in [-0.2, 0) is 4.74 Å². The lowest BCUT2D eigenvalue weighted by atomic mass is 10.2. The smallest absolute Gasteiger partial charge is 0.193 e. The van der Waals surface area contributed by atoms with E-state index in [0.717, 1.165) is 11.1 Å². The molecule has 0 saturated carbocycles. The average Bonchev–Trinajstić information content (AvgIpc) is 2.62. The fourth-order valence-electron chi connectivity index (χ4n) is 2.15. The van der Waals surface area contributed by atoms with Gasteiger partial charge in [-0.3, -0.25) is 4.79 Å². The van der Waals surface area contributed by atoms with Gasteiger partial charge in [-0.05, 0) is 38.2 Å². The number of ether oxygens (including phenoxy) is 4. The Labute approximate surface area is 143 Å². The number of rotatable bonds is 9. The van der Waals surface area contributed by atoms with Crippen molar-refractivity contribution in [3.63, 3.8) is 0 Å². The molecule has 0 bridgehead atoms. The van der Waals surface area contributed by atoms with Gasteiger partial charge in [0.05, 0.1) is 20.8 Å². The zero-order chi connectivity index (χ0) is 17.4. The number of benzene rings is 2. The molecule has 0 saturated heterocycles. The summed E-state index contributed by atoms with van der Waals surface area (Å²) in [6, 6.07) is 12.8. The average molecular weight is 348 g/mol. The van der Waals surface area contributed by atoms with Crippen LogP contribution >= 0.6 is 8.58 Å². The van der Waals surface area contributed by atoms with Gasteiger partial charge in [-0.1, -0.05) is 18.2 Å². The fourth-order valence-corrected chi connectivity index (χ4v) is 3.11. The summed E-state index contributed by atoms with van der Waals surface area (Å²) in [5.74, 6) is 1.79. The van der Waals surface area contributed by atoms with Gasteiger partial charge in [-0.25, -0.2) is 0 Å². The highest BCUT2D eigenvalue weighted by atomic mass is 31.1. The Kier molecular flexibility index (Phi) is 7.04. The van der Waals surface area contributed by atoms with E-state index >= 15 is 0 Å². The standard InChI is InChI=1S/C18H21O5P/c1-20-11-12-23-13-7-9-14(10-8-13)24-18(19)17-15(21-2)5-4-6-16(17)22-3/h4-10,24H,11-12H2,1-3H3. The first-order chi connectivity index (χ1) is 11.7. The molecule has 0 fully saturated rings. The van der Waals surface area contributed by atoms with Crippen molar-refractivity contribution in [2.75, 3.05) is 34.5 Å². The molecule has 2 aromatic rings. The second kappa shape index (κ2) is 9.26. The molecule has 5 nitrogen and oxygen atoms in total. The van der Waals surface area contributed by atoms with Crippen LogP contribution in [0.15, 0.2) is 42.5 Å². The van der Waals surface area contributed by atoms with E-state index in [0.29, 0.717) is 30.3 Å². The van der Waals surface area contributed by atoms with E-state index < -0.39 is 0 Å². The highest BCUT2D eigenvalue weighted by Crippen LogP contribution is 2.33. The van der Waals surface area contributed by atoms with Crippen LogP contribution in [0.2, 0.25) is 0 Å². The van der Waals surface area contributed by atoms with Crippen molar-refractivity contribution in [2.45, 2.75) is 0 Å². The van der Waals surface area contributed by atoms with Gasteiger partial charge in [0.15, 0.2) is 5.52 Å². The summed E-state index contributed by atoms with van der Waals surface area (Å²) in [4.78, 5) is 12.7. The van der Waals surface area contributed by atoms with Crippen LogP contribution in [0.3, 0.4) is 0 Å². The Morgan fingerprint density at radius 2 is 1.54 bits per heavy atom. The first-order valence-electron chi connectivity index (χ1n) is 7.43. The maximum absolute atomic E-state index is 12.7. The van der Waals surface area contributed by atoms with Crippen LogP contribution in [0.25, 0.3) is 0 Å². The number of hydrogen-bond donors (Lipinski definition) is 0. The van der Waals surface area contributed by atoms with E-state index in [4.69, 9.17) is 18.9 Å². The third kappa shape index (κ3) is 4.70. The second-order valence-electron chi connectivity index (χ2n) is 4.86. The van der Waals surface area contributed by atoms with E-state index in [9.17, 15) is 4.79 Å². The molecule has 0 N–H and O–H groups in total. The summed E-state index contributed by atoms with van der Waals surface area (Å²) in [6.45, 7) is 1.03. The molecule has 2 aromatic carbocycles. The summed E-state index contributed by atoms with van der Waals surface area (Å²) in [7, 11) is 4.69. The number of hydrogen-bond acceptors (Lipinski definition) is 5. The van der Waals surface area contributed by atoms with E-state index in [1.54, 1.807) is 39.5 Å². The Balaban J connectivity index is 2.10. The minimum atomic E-state index is -0.0302. The molecule has 1 atom stereocenters. The monoisotopic (exact) mass is 348 g/mol. The summed E-state index contributed by atoms with van der Waals surface area (Å²) < 4.78 is 21.0. The van der Waals surface area contributed by atoms with Crippen LogP contribution in [0.4, 0.5) is 0 Å². The Bertz CT molecular complexity index is 647. The molecule has 24 heavy (non-hydrogen) atoms. The maximum atomic E-state index is 12.7.